The van der Waals surface area contributed by atoms with E-state index >= 15 is 0 Å². The van der Waals surface area contributed by atoms with Gasteiger partial charge in [-0.25, -0.2) is 0 Å². The Morgan fingerprint density at radius 1 is 1.04 bits per heavy atom. The summed E-state index contributed by atoms with van der Waals surface area (Å²) in [5.41, 5.74) is 3.58. The van der Waals surface area contributed by atoms with Crippen LogP contribution in [0.15, 0.2) is 59.5 Å². The second-order valence-corrected chi connectivity index (χ2v) is 8.78. The van der Waals surface area contributed by atoms with Crippen molar-refractivity contribution in [3.63, 3.8) is 0 Å². The van der Waals surface area contributed by atoms with E-state index in [9.17, 15) is 4.79 Å². The van der Waals surface area contributed by atoms with Crippen molar-refractivity contribution in [3.05, 3.63) is 70.6 Å². The summed E-state index contributed by atoms with van der Waals surface area (Å²) in [4.78, 5) is 20.0. The molecule has 4 rings (SSSR count). The number of hydrogen-bond acceptors (Lipinski definition) is 5. The molecular formula is C22H23N3OS2. The van der Waals surface area contributed by atoms with Gasteiger partial charge in [0.1, 0.15) is 4.32 Å². The van der Waals surface area contributed by atoms with Crippen LogP contribution in [0, 0.1) is 6.92 Å². The molecule has 2 saturated heterocycles. The molecule has 0 radical (unpaired) electrons. The summed E-state index contributed by atoms with van der Waals surface area (Å²) in [5, 5.41) is 0. The molecule has 2 aliphatic rings. The third-order valence-corrected chi connectivity index (χ3v) is 6.43. The fraction of sp³-hybridized carbons (Fsp3) is 0.273. The normalized spacial score (nSPS) is 19.7. The molecule has 28 heavy (non-hydrogen) atoms. The number of thiocarbonyl (C=S) groups is 1. The molecule has 2 fully saturated rings. The van der Waals surface area contributed by atoms with E-state index in [0.29, 0.717) is 15.9 Å². The van der Waals surface area contributed by atoms with Gasteiger partial charge in [0, 0.05) is 31.9 Å². The molecule has 0 unspecified atom stereocenters. The van der Waals surface area contributed by atoms with E-state index in [2.05, 4.69) is 41.0 Å². The highest BCUT2D eigenvalue weighted by molar-refractivity contribution is 8.26. The molecule has 0 aliphatic carbocycles. The van der Waals surface area contributed by atoms with Gasteiger partial charge in [0.05, 0.1) is 11.6 Å². The fourth-order valence-corrected chi connectivity index (χ4v) is 4.74. The lowest BCUT2D eigenvalue weighted by molar-refractivity contribution is -0.123. The van der Waals surface area contributed by atoms with Crippen LogP contribution in [0.2, 0.25) is 0 Å². The van der Waals surface area contributed by atoms with E-state index < -0.39 is 0 Å². The highest BCUT2D eigenvalue weighted by Crippen LogP contribution is 2.32. The zero-order valence-electron chi connectivity index (χ0n) is 15.9. The average molecular weight is 410 g/mol. The Bertz CT molecular complexity index is 905. The number of nitrogens with zero attached hydrogens (tertiary/aromatic N) is 3. The van der Waals surface area contributed by atoms with Gasteiger partial charge in [-0.1, -0.05) is 66.4 Å². The Morgan fingerprint density at radius 3 is 2.50 bits per heavy atom. The number of amides is 1. The Hall–Kier alpha value is -2.15. The first kappa shape index (κ1) is 19.2. The maximum absolute atomic E-state index is 12.8. The molecule has 2 aliphatic heterocycles. The average Bonchev–Trinajstić information content (AvgIpc) is 2.97. The second kappa shape index (κ2) is 8.47. The standard InChI is InChI=1S/C22H23N3OS2/c1-17-6-5-9-19(14-17)24-12-10-23(11-13-24)16-25-21(26)20(28-22(25)27)15-18-7-3-2-4-8-18/h2-9,14-15H,10-13,16H2,1H3/b20-15+. The van der Waals surface area contributed by atoms with E-state index in [1.54, 1.807) is 4.90 Å². The monoisotopic (exact) mass is 409 g/mol. The highest BCUT2D eigenvalue weighted by Gasteiger charge is 2.33. The van der Waals surface area contributed by atoms with Gasteiger partial charge in [-0.15, -0.1) is 0 Å². The maximum atomic E-state index is 12.8. The zero-order valence-corrected chi connectivity index (χ0v) is 17.5. The number of rotatable bonds is 4. The van der Waals surface area contributed by atoms with E-state index in [1.807, 2.05) is 36.4 Å². The topological polar surface area (TPSA) is 26.8 Å². The van der Waals surface area contributed by atoms with Crippen LogP contribution >= 0.6 is 24.0 Å². The van der Waals surface area contributed by atoms with Crippen molar-refractivity contribution in [3.8, 4) is 0 Å². The summed E-state index contributed by atoms with van der Waals surface area (Å²) in [6, 6.07) is 18.5. The predicted molar refractivity (Wildman–Crippen MR) is 121 cm³/mol. The lowest BCUT2D eigenvalue weighted by Gasteiger charge is -2.37. The molecule has 0 spiro atoms. The minimum atomic E-state index is 0.0139. The van der Waals surface area contributed by atoms with Crippen LogP contribution in [0.4, 0.5) is 5.69 Å². The summed E-state index contributed by atoms with van der Waals surface area (Å²) >= 11 is 6.88. The van der Waals surface area contributed by atoms with Crippen molar-refractivity contribution in [1.82, 2.24) is 9.80 Å². The molecule has 0 aromatic heterocycles. The third-order valence-electron chi connectivity index (χ3n) is 5.05. The SMILES string of the molecule is Cc1cccc(N2CCN(CN3C(=O)/C(=C\c4ccccc4)SC3=S)CC2)c1. The number of anilines is 1. The van der Waals surface area contributed by atoms with Gasteiger partial charge in [0.25, 0.3) is 5.91 Å². The number of thioether (sulfide) groups is 1. The largest absolute Gasteiger partial charge is 0.369 e. The Balaban J connectivity index is 1.37. The first-order chi connectivity index (χ1) is 13.6. The molecule has 0 N–H and O–H groups in total. The molecule has 6 heteroatoms. The van der Waals surface area contributed by atoms with Crippen molar-refractivity contribution in [2.24, 2.45) is 0 Å². The summed E-state index contributed by atoms with van der Waals surface area (Å²) in [5.74, 6) is 0.0139. The Kier molecular flexibility index (Phi) is 5.80. The predicted octanol–water partition coefficient (Wildman–Crippen LogP) is 3.98. The van der Waals surface area contributed by atoms with Crippen molar-refractivity contribution in [2.75, 3.05) is 37.7 Å². The Labute approximate surface area is 175 Å². The first-order valence-electron chi connectivity index (χ1n) is 9.44. The third kappa shape index (κ3) is 4.29. The summed E-state index contributed by atoms with van der Waals surface area (Å²) < 4.78 is 0.647. The van der Waals surface area contributed by atoms with Crippen LogP contribution in [0.5, 0.6) is 0 Å². The molecule has 4 nitrogen and oxygen atoms in total. The smallest absolute Gasteiger partial charge is 0.267 e. The fourth-order valence-electron chi connectivity index (χ4n) is 3.49. The van der Waals surface area contributed by atoms with Gasteiger partial charge in [0.2, 0.25) is 0 Å². The van der Waals surface area contributed by atoms with Crippen molar-refractivity contribution >= 4 is 46.0 Å². The quantitative estimate of drug-likeness (QED) is 0.562. The molecule has 2 heterocycles. The van der Waals surface area contributed by atoms with Gasteiger partial charge >= 0.3 is 0 Å². The van der Waals surface area contributed by atoms with E-state index in [0.717, 1.165) is 31.7 Å². The van der Waals surface area contributed by atoms with E-state index in [4.69, 9.17) is 12.2 Å². The van der Waals surface area contributed by atoms with Gasteiger partial charge in [0.15, 0.2) is 0 Å². The molecule has 2 aromatic carbocycles. The van der Waals surface area contributed by atoms with Crippen LogP contribution in [0.1, 0.15) is 11.1 Å². The summed E-state index contributed by atoms with van der Waals surface area (Å²) in [7, 11) is 0. The second-order valence-electron chi connectivity index (χ2n) is 7.11. The number of carbonyl (C=O) groups excluding carboxylic acids is 1. The lowest BCUT2D eigenvalue weighted by Crippen LogP contribution is -2.50. The van der Waals surface area contributed by atoms with Crippen molar-refractivity contribution < 1.29 is 4.79 Å². The first-order valence-corrected chi connectivity index (χ1v) is 10.7. The molecule has 0 bridgehead atoms. The Morgan fingerprint density at radius 2 is 1.79 bits per heavy atom. The zero-order chi connectivity index (χ0) is 19.5. The molecule has 2 aromatic rings. The lowest BCUT2D eigenvalue weighted by atomic mass is 10.2. The highest BCUT2D eigenvalue weighted by atomic mass is 32.2. The van der Waals surface area contributed by atoms with E-state index in [-0.39, 0.29) is 5.91 Å². The number of aryl methyl sites for hydroxylation is 1. The number of benzene rings is 2. The van der Waals surface area contributed by atoms with E-state index in [1.165, 1.54) is 23.0 Å². The van der Waals surface area contributed by atoms with Crippen molar-refractivity contribution in [1.29, 1.82) is 0 Å². The van der Waals surface area contributed by atoms with Gasteiger partial charge < -0.3 is 4.90 Å². The molecule has 144 valence electrons. The molecule has 0 atom stereocenters. The summed E-state index contributed by atoms with van der Waals surface area (Å²) in [6.45, 7) is 6.44. The number of hydrogen-bond donors (Lipinski definition) is 0. The van der Waals surface area contributed by atoms with Crippen molar-refractivity contribution in [2.45, 2.75) is 6.92 Å². The maximum Gasteiger partial charge on any atom is 0.267 e. The minimum Gasteiger partial charge on any atom is -0.369 e. The van der Waals surface area contributed by atoms with Crippen LogP contribution in [0.25, 0.3) is 6.08 Å². The van der Waals surface area contributed by atoms with Crippen LogP contribution in [-0.2, 0) is 4.79 Å². The van der Waals surface area contributed by atoms with Crippen LogP contribution < -0.4 is 4.90 Å². The molecular weight excluding hydrogens is 386 g/mol. The number of piperazine rings is 1. The molecule has 0 saturated carbocycles. The van der Waals surface area contributed by atoms with Gasteiger partial charge in [-0.3, -0.25) is 14.6 Å². The van der Waals surface area contributed by atoms with Gasteiger partial charge in [-0.2, -0.15) is 0 Å². The minimum absolute atomic E-state index is 0.0139. The van der Waals surface area contributed by atoms with Crippen LogP contribution in [-0.4, -0.2) is 52.9 Å². The summed E-state index contributed by atoms with van der Waals surface area (Å²) in [6.07, 6.45) is 1.93. The van der Waals surface area contributed by atoms with Gasteiger partial charge in [-0.05, 0) is 36.3 Å². The number of carbonyl (C=O) groups is 1. The van der Waals surface area contributed by atoms with Crippen LogP contribution in [0.3, 0.4) is 0 Å². The molecule has 1 amide bonds.